The van der Waals surface area contributed by atoms with E-state index >= 15 is 0 Å². The molecule has 0 atom stereocenters. The molecule has 0 unspecified atom stereocenters. The number of para-hydroxylation sites is 2. The van der Waals surface area contributed by atoms with Gasteiger partial charge in [-0.1, -0.05) is 12.1 Å². The quantitative estimate of drug-likeness (QED) is 0.820. The summed E-state index contributed by atoms with van der Waals surface area (Å²) in [6.45, 7) is 4.58. The lowest BCUT2D eigenvalue weighted by molar-refractivity contribution is 0.436. The Morgan fingerprint density at radius 2 is 2.06 bits per heavy atom. The van der Waals surface area contributed by atoms with Gasteiger partial charge in [0.1, 0.15) is 0 Å². The van der Waals surface area contributed by atoms with Crippen LogP contribution in [0.25, 0.3) is 11.0 Å². The zero-order valence-corrected chi connectivity index (χ0v) is 9.66. The van der Waals surface area contributed by atoms with Crippen LogP contribution in [0.3, 0.4) is 0 Å². The van der Waals surface area contributed by atoms with Crippen LogP contribution in [-0.2, 0) is 6.54 Å². The molecule has 16 heavy (non-hydrogen) atoms. The lowest BCUT2D eigenvalue weighted by atomic mass is 10.0. The van der Waals surface area contributed by atoms with Crippen LogP contribution in [0.5, 0.6) is 0 Å². The number of benzene rings is 1. The summed E-state index contributed by atoms with van der Waals surface area (Å²) in [6.07, 6.45) is 0.773. The van der Waals surface area contributed by atoms with E-state index in [4.69, 9.17) is 5.73 Å². The fourth-order valence-corrected chi connectivity index (χ4v) is 1.73. The molecule has 0 saturated heterocycles. The number of aryl methyl sites for hydroxylation is 1. The van der Waals surface area contributed by atoms with Gasteiger partial charge in [-0.3, -0.25) is 4.57 Å². The van der Waals surface area contributed by atoms with Crippen molar-refractivity contribution in [2.45, 2.75) is 32.4 Å². The van der Waals surface area contributed by atoms with Crippen molar-refractivity contribution >= 4 is 11.0 Å². The Labute approximate surface area is 94.1 Å². The molecule has 0 bridgehead atoms. The number of imidazole rings is 1. The van der Waals surface area contributed by atoms with Crippen LogP contribution >= 0.6 is 0 Å². The van der Waals surface area contributed by atoms with Crippen LogP contribution in [-0.4, -0.2) is 15.1 Å². The highest BCUT2D eigenvalue weighted by Crippen LogP contribution is 2.11. The number of nitrogens with two attached hydrogens (primary N) is 1. The average molecular weight is 219 g/mol. The van der Waals surface area contributed by atoms with E-state index < -0.39 is 0 Å². The topological polar surface area (TPSA) is 63.8 Å². The van der Waals surface area contributed by atoms with Gasteiger partial charge in [-0.2, -0.15) is 0 Å². The fourth-order valence-electron chi connectivity index (χ4n) is 1.73. The van der Waals surface area contributed by atoms with Crippen molar-refractivity contribution in [2.75, 3.05) is 0 Å². The monoisotopic (exact) mass is 219 g/mol. The van der Waals surface area contributed by atoms with Gasteiger partial charge in [0.2, 0.25) is 0 Å². The second-order valence-corrected chi connectivity index (χ2v) is 4.84. The molecule has 0 fully saturated rings. The summed E-state index contributed by atoms with van der Waals surface area (Å²) in [4.78, 5) is 14.6. The molecule has 1 aromatic carbocycles. The molecule has 0 aliphatic rings. The SMILES string of the molecule is CC(C)(N)CCn1c(=O)[nH]c2ccccc21. The van der Waals surface area contributed by atoms with Crippen molar-refractivity contribution in [1.29, 1.82) is 0 Å². The highest BCUT2D eigenvalue weighted by molar-refractivity contribution is 5.74. The molecule has 2 rings (SSSR count). The van der Waals surface area contributed by atoms with Gasteiger partial charge >= 0.3 is 5.69 Å². The zero-order chi connectivity index (χ0) is 11.8. The van der Waals surface area contributed by atoms with Gasteiger partial charge in [-0.05, 0) is 32.4 Å². The van der Waals surface area contributed by atoms with Crippen molar-refractivity contribution in [1.82, 2.24) is 9.55 Å². The summed E-state index contributed by atoms with van der Waals surface area (Å²) in [5, 5.41) is 0. The zero-order valence-electron chi connectivity index (χ0n) is 9.66. The molecule has 0 radical (unpaired) electrons. The predicted octanol–water partition coefficient (Wildman–Crippen LogP) is 1.46. The molecule has 0 amide bonds. The number of hydrogen-bond acceptors (Lipinski definition) is 2. The van der Waals surface area contributed by atoms with E-state index in [0.717, 1.165) is 17.5 Å². The Bertz CT molecular complexity index is 545. The van der Waals surface area contributed by atoms with Crippen molar-refractivity contribution in [2.24, 2.45) is 5.73 Å². The van der Waals surface area contributed by atoms with Crippen LogP contribution < -0.4 is 11.4 Å². The first-order valence-electron chi connectivity index (χ1n) is 5.44. The molecule has 0 aliphatic heterocycles. The number of nitrogens with one attached hydrogen (secondary N) is 1. The highest BCUT2D eigenvalue weighted by atomic mass is 16.1. The van der Waals surface area contributed by atoms with E-state index in [2.05, 4.69) is 4.98 Å². The normalized spacial score (nSPS) is 12.2. The number of H-pyrrole nitrogens is 1. The molecule has 4 nitrogen and oxygen atoms in total. The van der Waals surface area contributed by atoms with E-state index in [9.17, 15) is 4.79 Å². The lowest BCUT2D eigenvalue weighted by Crippen LogP contribution is -2.34. The van der Waals surface area contributed by atoms with Gasteiger partial charge in [-0.25, -0.2) is 4.79 Å². The molecule has 0 saturated carbocycles. The third kappa shape index (κ3) is 2.17. The van der Waals surface area contributed by atoms with E-state index in [1.165, 1.54) is 0 Å². The van der Waals surface area contributed by atoms with Gasteiger partial charge in [0.15, 0.2) is 0 Å². The number of aromatic nitrogens is 2. The minimum atomic E-state index is -0.252. The maximum atomic E-state index is 11.7. The van der Waals surface area contributed by atoms with Crippen LogP contribution in [0.4, 0.5) is 0 Å². The highest BCUT2D eigenvalue weighted by Gasteiger charge is 2.12. The summed E-state index contributed by atoms with van der Waals surface area (Å²) >= 11 is 0. The molecule has 0 aliphatic carbocycles. The minimum absolute atomic E-state index is 0.0644. The van der Waals surface area contributed by atoms with Gasteiger partial charge in [0.05, 0.1) is 11.0 Å². The molecule has 3 N–H and O–H groups in total. The first-order valence-corrected chi connectivity index (χ1v) is 5.44. The van der Waals surface area contributed by atoms with Crippen LogP contribution in [0.15, 0.2) is 29.1 Å². The molecular formula is C12H17N3O. The summed E-state index contributed by atoms with van der Waals surface area (Å²) in [5.41, 5.74) is 7.42. The third-order valence-electron chi connectivity index (χ3n) is 2.66. The van der Waals surface area contributed by atoms with Crippen LogP contribution in [0, 0.1) is 0 Å². The van der Waals surface area contributed by atoms with Crippen LogP contribution in [0.1, 0.15) is 20.3 Å². The van der Waals surface area contributed by atoms with E-state index in [1.54, 1.807) is 4.57 Å². The summed E-state index contributed by atoms with van der Waals surface area (Å²) in [5.74, 6) is 0. The largest absolute Gasteiger partial charge is 0.326 e. The second kappa shape index (κ2) is 3.79. The third-order valence-corrected chi connectivity index (χ3v) is 2.66. The van der Waals surface area contributed by atoms with E-state index in [-0.39, 0.29) is 11.2 Å². The summed E-state index contributed by atoms with van der Waals surface area (Å²) in [6, 6.07) is 7.69. The molecule has 4 heteroatoms. The number of aromatic amines is 1. The molecular weight excluding hydrogens is 202 g/mol. The van der Waals surface area contributed by atoms with Gasteiger partial charge in [-0.15, -0.1) is 0 Å². The average Bonchev–Trinajstić information content (AvgIpc) is 2.49. The molecule has 86 valence electrons. The standard InChI is InChI=1S/C12H17N3O/c1-12(2,13)7-8-15-10-6-4-3-5-9(10)14-11(15)16/h3-6H,7-8,13H2,1-2H3,(H,14,16). The molecule has 1 heterocycles. The Morgan fingerprint density at radius 3 is 2.75 bits per heavy atom. The number of fused-ring (bicyclic) bond motifs is 1. The van der Waals surface area contributed by atoms with Gasteiger partial charge < -0.3 is 10.7 Å². The first-order chi connectivity index (χ1) is 7.47. The first kappa shape index (κ1) is 11.0. The summed E-state index contributed by atoms with van der Waals surface area (Å²) in [7, 11) is 0. The Kier molecular flexibility index (Phi) is 2.59. The van der Waals surface area contributed by atoms with Crippen molar-refractivity contribution < 1.29 is 0 Å². The fraction of sp³-hybridized carbons (Fsp3) is 0.417. The number of rotatable bonds is 3. The maximum absolute atomic E-state index is 11.7. The molecule has 0 spiro atoms. The van der Waals surface area contributed by atoms with Gasteiger partial charge in [0.25, 0.3) is 0 Å². The molecule has 1 aromatic heterocycles. The van der Waals surface area contributed by atoms with Gasteiger partial charge in [0, 0.05) is 12.1 Å². The van der Waals surface area contributed by atoms with Crippen molar-refractivity contribution in [3.8, 4) is 0 Å². The van der Waals surface area contributed by atoms with E-state index in [1.807, 2.05) is 38.1 Å². The van der Waals surface area contributed by atoms with Crippen molar-refractivity contribution in [3.63, 3.8) is 0 Å². The van der Waals surface area contributed by atoms with Crippen molar-refractivity contribution in [3.05, 3.63) is 34.7 Å². The van der Waals surface area contributed by atoms with E-state index in [0.29, 0.717) is 6.54 Å². The Balaban J connectivity index is 2.37. The number of nitrogens with zero attached hydrogens (tertiary/aromatic N) is 1. The minimum Gasteiger partial charge on any atom is -0.325 e. The number of hydrogen-bond donors (Lipinski definition) is 2. The maximum Gasteiger partial charge on any atom is 0.326 e. The lowest BCUT2D eigenvalue weighted by Gasteiger charge is -2.18. The Hall–Kier alpha value is -1.55. The van der Waals surface area contributed by atoms with Crippen LogP contribution in [0.2, 0.25) is 0 Å². The summed E-state index contributed by atoms with van der Waals surface area (Å²) < 4.78 is 1.74. The second-order valence-electron chi connectivity index (χ2n) is 4.84. The smallest absolute Gasteiger partial charge is 0.325 e. The molecule has 2 aromatic rings. The Morgan fingerprint density at radius 1 is 1.38 bits per heavy atom. The predicted molar refractivity (Wildman–Crippen MR) is 65.4 cm³/mol.